The van der Waals surface area contributed by atoms with Crippen molar-refractivity contribution in [2.75, 3.05) is 26.5 Å². The summed E-state index contributed by atoms with van der Waals surface area (Å²) in [6.45, 7) is -0.198. The lowest BCUT2D eigenvalue weighted by Crippen LogP contribution is -2.28. The van der Waals surface area contributed by atoms with E-state index in [4.69, 9.17) is 4.74 Å². The first-order valence-corrected chi connectivity index (χ1v) is 8.55. The van der Waals surface area contributed by atoms with Crippen molar-refractivity contribution in [2.45, 2.75) is 6.54 Å². The SMILES string of the molecule is COc1ccc(C(=O)N(C)C)cc1NC(=O)Cn1c(=O)cnc2ccccc21. The number of benzene rings is 2. The maximum Gasteiger partial charge on any atom is 0.269 e. The predicted octanol–water partition coefficient (Wildman–Crippen LogP) is 1.75. The minimum atomic E-state index is -0.425. The van der Waals surface area contributed by atoms with E-state index < -0.39 is 5.91 Å². The molecule has 8 heteroatoms. The molecule has 0 unspecified atom stereocenters. The van der Waals surface area contributed by atoms with E-state index >= 15 is 0 Å². The van der Waals surface area contributed by atoms with Gasteiger partial charge in [-0.3, -0.25) is 19.0 Å². The summed E-state index contributed by atoms with van der Waals surface area (Å²) in [5, 5.41) is 2.72. The van der Waals surface area contributed by atoms with Crippen molar-refractivity contribution in [1.29, 1.82) is 0 Å². The van der Waals surface area contributed by atoms with Gasteiger partial charge >= 0.3 is 0 Å². The molecule has 0 aliphatic heterocycles. The third-order valence-electron chi connectivity index (χ3n) is 4.18. The highest BCUT2D eigenvalue weighted by atomic mass is 16.5. The summed E-state index contributed by atoms with van der Waals surface area (Å²) in [6.07, 6.45) is 1.19. The van der Waals surface area contributed by atoms with Gasteiger partial charge in [0.15, 0.2) is 0 Å². The number of rotatable bonds is 5. The van der Waals surface area contributed by atoms with Gasteiger partial charge in [0.1, 0.15) is 12.3 Å². The Kier molecular flexibility index (Phi) is 5.39. The molecule has 0 aliphatic rings. The highest BCUT2D eigenvalue weighted by Gasteiger charge is 2.15. The Morgan fingerprint density at radius 1 is 1.18 bits per heavy atom. The zero-order valence-electron chi connectivity index (χ0n) is 15.8. The molecule has 0 saturated heterocycles. The van der Waals surface area contributed by atoms with Crippen molar-refractivity contribution < 1.29 is 14.3 Å². The van der Waals surface area contributed by atoms with Crippen LogP contribution in [0.5, 0.6) is 5.75 Å². The van der Waals surface area contributed by atoms with Gasteiger partial charge in [0, 0.05) is 19.7 Å². The number of methoxy groups -OCH3 is 1. The predicted molar refractivity (Wildman–Crippen MR) is 106 cm³/mol. The fourth-order valence-electron chi connectivity index (χ4n) is 2.81. The van der Waals surface area contributed by atoms with Crippen molar-refractivity contribution >= 4 is 28.5 Å². The van der Waals surface area contributed by atoms with Crippen molar-refractivity contribution in [2.24, 2.45) is 0 Å². The second-order valence-corrected chi connectivity index (χ2v) is 6.33. The molecule has 28 heavy (non-hydrogen) atoms. The zero-order valence-corrected chi connectivity index (χ0v) is 15.8. The molecule has 8 nitrogen and oxygen atoms in total. The first kappa shape index (κ1) is 19.1. The average Bonchev–Trinajstić information content (AvgIpc) is 2.69. The molecule has 1 aromatic heterocycles. The Balaban J connectivity index is 1.90. The topological polar surface area (TPSA) is 93.5 Å². The summed E-state index contributed by atoms with van der Waals surface area (Å²) in [7, 11) is 4.76. The number of hydrogen-bond donors (Lipinski definition) is 1. The molecule has 1 N–H and O–H groups in total. The summed E-state index contributed by atoms with van der Waals surface area (Å²) in [5.41, 5.74) is 1.57. The summed E-state index contributed by atoms with van der Waals surface area (Å²) >= 11 is 0. The van der Waals surface area contributed by atoms with E-state index in [1.54, 1.807) is 50.5 Å². The third kappa shape index (κ3) is 3.85. The van der Waals surface area contributed by atoms with E-state index in [1.807, 2.05) is 6.07 Å². The second kappa shape index (κ2) is 7.91. The molecule has 2 amide bonds. The number of anilines is 1. The van der Waals surface area contributed by atoms with Crippen LogP contribution in [0.1, 0.15) is 10.4 Å². The minimum absolute atomic E-state index is 0.198. The fraction of sp³-hybridized carbons (Fsp3) is 0.200. The number of nitrogens with one attached hydrogen (secondary N) is 1. The first-order chi connectivity index (χ1) is 13.4. The molecule has 0 bridgehead atoms. The highest BCUT2D eigenvalue weighted by Crippen LogP contribution is 2.26. The Labute approximate surface area is 161 Å². The molecular weight excluding hydrogens is 360 g/mol. The summed E-state index contributed by atoms with van der Waals surface area (Å²) in [5.74, 6) is -0.212. The Bertz CT molecular complexity index is 1100. The number of nitrogens with zero attached hydrogens (tertiary/aromatic N) is 3. The van der Waals surface area contributed by atoms with Gasteiger partial charge in [0.25, 0.3) is 11.5 Å². The van der Waals surface area contributed by atoms with Gasteiger partial charge in [0.05, 0.1) is 30.0 Å². The van der Waals surface area contributed by atoms with E-state index in [9.17, 15) is 14.4 Å². The molecular formula is C20H20N4O4. The van der Waals surface area contributed by atoms with Gasteiger partial charge in [-0.1, -0.05) is 12.1 Å². The van der Waals surface area contributed by atoms with E-state index in [0.29, 0.717) is 28.0 Å². The molecule has 1 heterocycles. The monoisotopic (exact) mass is 380 g/mol. The number of ether oxygens (including phenoxy) is 1. The van der Waals surface area contributed by atoms with Crippen molar-refractivity contribution in [3.05, 3.63) is 64.6 Å². The molecule has 0 spiro atoms. The Hall–Kier alpha value is -3.68. The molecule has 0 saturated carbocycles. The van der Waals surface area contributed by atoms with Crippen LogP contribution in [0.2, 0.25) is 0 Å². The summed E-state index contributed by atoms with van der Waals surface area (Å²) < 4.78 is 6.61. The van der Waals surface area contributed by atoms with Crippen LogP contribution in [0.3, 0.4) is 0 Å². The first-order valence-electron chi connectivity index (χ1n) is 8.55. The number of aromatic nitrogens is 2. The molecule has 3 rings (SSSR count). The van der Waals surface area contributed by atoms with Crippen LogP contribution in [-0.4, -0.2) is 47.5 Å². The van der Waals surface area contributed by atoms with Crippen molar-refractivity contribution in [1.82, 2.24) is 14.5 Å². The van der Waals surface area contributed by atoms with Crippen LogP contribution in [0, 0.1) is 0 Å². The fourth-order valence-corrected chi connectivity index (χ4v) is 2.81. The molecule has 144 valence electrons. The van der Waals surface area contributed by atoms with Gasteiger partial charge in [-0.2, -0.15) is 0 Å². The molecule has 0 radical (unpaired) electrons. The van der Waals surface area contributed by atoms with Crippen LogP contribution in [0.4, 0.5) is 5.69 Å². The number of para-hydroxylation sites is 2. The molecule has 0 fully saturated rings. The maximum atomic E-state index is 12.6. The smallest absolute Gasteiger partial charge is 0.269 e. The zero-order chi connectivity index (χ0) is 20.3. The van der Waals surface area contributed by atoms with Gasteiger partial charge < -0.3 is 15.0 Å². The van der Waals surface area contributed by atoms with E-state index in [0.717, 1.165) is 0 Å². The Morgan fingerprint density at radius 2 is 1.93 bits per heavy atom. The van der Waals surface area contributed by atoms with Crippen LogP contribution in [0.25, 0.3) is 11.0 Å². The lowest BCUT2D eigenvalue weighted by Gasteiger charge is -2.15. The number of carbonyl (C=O) groups excluding carboxylic acids is 2. The Morgan fingerprint density at radius 3 is 2.64 bits per heavy atom. The van der Waals surface area contributed by atoms with Crippen LogP contribution in [-0.2, 0) is 11.3 Å². The highest BCUT2D eigenvalue weighted by molar-refractivity contribution is 5.98. The van der Waals surface area contributed by atoms with Crippen molar-refractivity contribution in [3.63, 3.8) is 0 Å². The quantitative estimate of drug-likeness (QED) is 0.728. The lowest BCUT2D eigenvalue weighted by molar-refractivity contribution is -0.116. The van der Waals surface area contributed by atoms with E-state index in [-0.39, 0.29) is 18.0 Å². The maximum absolute atomic E-state index is 12.6. The van der Waals surface area contributed by atoms with Crippen molar-refractivity contribution in [3.8, 4) is 5.75 Å². The van der Waals surface area contributed by atoms with E-state index in [2.05, 4.69) is 10.3 Å². The van der Waals surface area contributed by atoms with Gasteiger partial charge in [-0.25, -0.2) is 4.98 Å². The normalized spacial score (nSPS) is 10.5. The third-order valence-corrected chi connectivity index (χ3v) is 4.18. The minimum Gasteiger partial charge on any atom is -0.495 e. The standard InChI is InChI=1S/C20H20N4O4/c1-23(2)20(27)13-8-9-17(28-3)15(10-13)22-18(25)12-24-16-7-5-4-6-14(16)21-11-19(24)26/h4-11H,12H2,1-3H3,(H,22,25). The van der Waals surface area contributed by atoms with Gasteiger partial charge in [-0.05, 0) is 30.3 Å². The lowest BCUT2D eigenvalue weighted by atomic mass is 10.1. The van der Waals surface area contributed by atoms with Crippen LogP contribution >= 0.6 is 0 Å². The largest absolute Gasteiger partial charge is 0.495 e. The molecule has 3 aromatic rings. The van der Waals surface area contributed by atoms with Gasteiger partial charge in [-0.15, -0.1) is 0 Å². The van der Waals surface area contributed by atoms with Crippen LogP contribution < -0.4 is 15.6 Å². The van der Waals surface area contributed by atoms with Gasteiger partial charge in [0.2, 0.25) is 5.91 Å². The molecule has 0 aliphatic carbocycles. The average molecular weight is 380 g/mol. The summed E-state index contributed by atoms with van der Waals surface area (Å²) in [6, 6.07) is 11.9. The second-order valence-electron chi connectivity index (χ2n) is 6.33. The number of hydrogen-bond acceptors (Lipinski definition) is 5. The number of amides is 2. The summed E-state index contributed by atoms with van der Waals surface area (Å²) in [4.78, 5) is 42.5. The van der Waals surface area contributed by atoms with E-state index in [1.165, 1.54) is 22.8 Å². The number of carbonyl (C=O) groups is 2. The molecule has 0 atom stereocenters. The molecule has 2 aromatic carbocycles. The number of fused-ring (bicyclic) bond motifs is 1. The van der Waals surface area contributed by atoms with Crippen LogP contribution in [0.15, 0.2) is 53.5 Å².